The molecule has 18 heavy (non-hydrogen) atoms. The number of hydrogen-bond acceptors (Lipinski definition) is 5. The second kappa shape index (κ2) is 5.72. The molecular formula is C12H14N4O2. The number of rotatable bonds is 5. The zero-order valence-electron chi connectivity index (χ0n) is 9.72. The summed E-state index contributed by atoms with van der Waals surface area (Å²) in [7, 11) is 0. The molecule has 6 nitrogen and oxygen atoms in total. The second-order valence-corrected chi connectivity index (χ2v) is 3.61. The van der Waals surface area contributed by atoms with Crippen molar-refractivity contribution >= 4 is 11.5 Å². The minimum atomic E-state index is -0.249. The summed E-state index contributed by atoms with van der Waals surface area (Å²) in [5.74, 6) is 0.986. The lowest BCUT2D eigenvalue weighted by Gasteiger charge is -2.07. The molecule has 0 unspecified atom stereocenters. The average Bonchev–Trinajstić information content (AvgIpc) is 2.37. The van der Waals surface area contributed by atoms with Crippen molar-refractivity contribution in [3.63, 3.8) is 0 Å². The van der Waals surface area contributed by atoms with Gasteiger partial charge in [-0.15, -0.1) is 0 Å². The number of aromatic nitrogens is 2. The van der Waals surface area contributed by atoms with E-state index >= 15 is 0 Å². The first-order chi connectivity index (χ1) is 8.75. The monoisotopic (exact) mass is 246 g/mol. The number of ether oxygens (including phenoxy) is 1. The van der Waals surface area contributed by atoms with Crippen LogP contribution in [0.5, 0.6) is 5.75 Å². The number of nitrogens with two attached hydrogens (primary N) is 1. The fourth-order valence-corrected chi connectivity index (χ4v) is 1.42. The van der Waals surface area contributed by atoms with Crippen LogP contribution in [-0.2, 0) is 0 Å². The quantitative estimate of drug-likeness (QED) is 0.537. The van der Waals surface area contributed by atoms with E-state index in [-0.39, 0.29) is 11.4 Å². The summed E-state index contributed by atoms with van der Waals surface area (Å²) < 4.78 is 5.47. The van der Waals surface area contributed by atoms with Gasteiger partial charge >= 0.3 is 0 Å². The van der Waals surface area contributed by atoms with E-state index in [1.165, 1.54) is 12.4 Å². The highest BCUT2D eigenvalue weighted by atomic mass is 16.5. The summed E-state index contributed by atoms with van der Waals surface area (Å²) in [5.41, 5.74) is 6.03. The minimum Gasteiger partial charge on any atom is -0.492 e. The molecular weight excluding hydrogens is 232 g/mol. The standard InChI is InChI=1S/C12H14N4O2/c13-9-2-1-3-10(8-9)18-7-6-15-11-12(17)16-5-4-14-11/h1-5,8H,6-7,13H2,(H,14,15)(H,16,17). The molecule has 2 aromatic rings. The zero-order chi connectivity index (χ0) is 12.8. The smallest absolute Gasteiger partial charge is 0.290 e. The first-order valence-corrected chi connectivity index (χ1v) is 5.51. The highest BCUT2D eigenvalue weighted by Gasteiger charge is 1.98. The number of H-pyrrole nitrogens is 1. The lowest BCUT2D eigenvalue weighted by Crippen LogP contribution is -2.19. The Kier molecular flexibility index (Phi) is 3.80. The van der Waals surface area contributed by atoms with Gasteiger partial charge in [0.05, 0.1) is 6.54 Å². The number of aromatic amines is 1. The number of benzene rings is 1. The first-order valence-electron chi connectivity index (χ1n) is 5.51. The summed E-state index contributed by atoms with van der Waals surface area (Å²) in [4.78, 5) is 17.7. The van der Waals surface area contributed by atoms with Crippen LogP contribution in [0.3, 0.4) is 0 Å². The van der Waals surface area contributed by atoms with E-state index < -0.39 is 0 Å². The van der Waals surface area contributed by atoms with Gasteiger partial charge in [-0.1, -0.05) is 6.07 Å². The highest BCUT2D eigenvalue weighted by Crippen LogP contribution is 2.13. The fourth-order valence-electron chi connectivity index (χ4n) is 1.42. The van der Waals surface area contributed by atoms with Crippen molar-refractivity contribution in [1.29, 1.82) is 0 Å². The molecule has 0 fully saturated rings. The largest absolute Gasteiger partial charge is 0.492 e. The molecule has 4 N–H and O–H groups in total. The normalized spacial score (nSPS) is 10.0. The highest BCUT2D eigenvalue weighted by molar-refractivity contribution is 5.43. The third kappa shape index (κ3) is 3.24. The molecule has 1 aromatic heterocycles. The molecule has 0 saturated heterocycles. The Morgan fingerprint density at radius 2 is 2.33 bits per heavy atom. The molecule has 0 radical (unpaired) electrons. The molecule has 0 aliphatic rings. The van der Waals surface area contributed by atoms with Gasteiger partial charge in [0.15, 0.2) is 5.82 Å². The number of nitrogens with zero attached hydrogens (tertiary/aromatic N) is 1. The van der Waals surface area contributed by atoms with Crippen LogP contribution in [0, 0.1) is 0 Å². The van der Waals surface area contributed by atoms with E-state index in [9.17, 15) is 4.79 Å². The van der Waals surface area contributed by atoms with Gasteiger partial charge in [0, 0.05) is 24.1 Å². The van der Waals surface area contributed by atoms with Gasteiger partial charge in [0.2, 0.25) is 0 Å². The number of nitrogen functional groups attached to an aromatic ring is 1. The fraction of sp³-hybridized carbons (Fsp3) is 0.167. The molecule has 6 heteroatoms. The van der Waals surface area contributed by atoms with E-state index in [0.717, 1.165) is 0 Å². The van der Waals surface area contributed by atoms with Crippen molar-refractivity contribution in [3.8, 4) is 5.75 Å². The van der Waals surface area contributed by atoms with Crippen LogP contribution in [0.1, 0.15) is 0 Å². The molecule has 0 aliphatic heterocycles. The maximum absolute atomic E-state index is 11.3. The summed E-state index contributed by atoms with van der Waals surface area (Å²) in [6.45, 7) is 0.897. The molecule has 0 bridgehead atoms. The van der Waals surface area contributed by atoms with Crippen LogP contribution in [0.2, 0.25) is 0 Å². The van der Waals surface area contributed by atoms with Crippen LogP contribution < -0.4 is 21.3 Å². The molecule has 0 amide bonds. The zero-order valence-corrected chi connectivity index (χ0v) is 9.72. The van der Waals surface area contributed by atoms with Crippen LogP contribution in [-0.4, -0.2) is 23.1 Å². The third-order valence-corrected chi connectivity index (χ3v) is 2.23. The maximum Gasteiger partial charge on any atom is 0.290 e. The maximum atomic E-state index is 11.3. The lowest BCUT2D eigenvalue weighted by molar-refractivity contribution is 0.333. The molecule has 2 rings (SSSR count). The Morgan fingerprint density at radius 1 is 1.44 bits per heavy atom. The lowest BCUT2D eigenvalue weighted by atomic mass is 10.3. The van der Waals surface area contributed by atoms with Crippen molar-refractivity contribution in [1.82, 2.24) is 9.97 Å². The predicted molar refractivity (Wildman–Crippen MR) is 69.7 cm³/mol. The van der Waals surface area contributed by atoms with Gasteiger partial charge in [0.1, 0.15) is 12.4 Å². The van der Waals surface area contributed by atoms with Crippen molar-refractivity contribution < 1.29 is 4.74 Å². The van der Waals surface area contributed by atoms with Gasteiger partial charge in [-0.2, -0.15) is 0 Å². The van der Waals surface area contributed by atoms with Gasteiger partial charge in [0.25, 0.3) is 5.56 Å². The Hall–Kier alpha value is -2.50. The molecule has 94 valence electrons. The van der Waals surface area contributed by atoms with Crippen LogP contribution >= 0.6 is 0 Å². The van der Waals surface area contributed by atoms with Crippen LogP contribution in [0.15, 0.2) is 41.5 Å². The number of anilines is 2. The van der Waals surface area contributed by atoms with E-state index in [1.807, 2.05) is 12.1 Å². The average molecular weight is 246 g/mol. The van der Waals surface area contributed by atoms with Gasteiger partial charge in [-0.3, -0.25) is 4.79 Å². The Bertz CT molecular complexity index is 568. The van der Waals surface area contributed by atoms with Crippen molar-refractivity contribution in [3.05, 3.63) is 47.0 Å². The van der Waals surface area contributed by atoms with E-state index in [1.54, 1.807) is 12.1 Å². The summed E-state index contributed by atoms with van der Waals surface area (Å²) in [5, 5.41) is 2.89. The van der Waals surface area contributed by atoms with Crippen molar-refractivity contribution in [2.24, 2.45) is 0 Å². The third-order valence-electron chi connectivity index (χ3n) is 2.23. The van der Waals surface area contributed by atoms with Gasteiger partial charge in [-0.05, 0) is 12.1 Å². The number of nitrogens with one attached hydrogen (secondary N) is 2. The van der Waals surface area contributed by atoms with Crippen LogP contribution in [0.4, 0.5) is 11.5 Å². The molecule has 1 heterocycles. The van der Waals surface area contributed by atoms with E-state index in [0.29, 0.717) is 24.6 Å². The number of hydrogen-bond donors (Lipinski definition) is 3. The predicted octanol–water partition coefficient (Wildman–Crippen LogP) is 0.843. The molecule has 0 spiro atoms. The summed E-state index contributed by atoms with van der Waals surface area (Å²) in [6.07, 6.45) is 3.00. The van der Waals surface area contributed by atoms with Gasteiger partial charge < -0.3 is 20.8 Å². The Balaban J connectivity index is 1.80. The molecule has 0 atom stereocenters. The van der Waals surface area contributed by atoms with Crippen molar-refractivity contribution in [2.75, 3.05) is 24.2 Å². The van der Waals surface area contributed by atoms with E-state index in [2.05, 4.69) is 15.3 Å². The van der Waals surface area contributed by atoms with E-state index in [4.69, 9.17) is 10.5 Å². The second-order valence-electron chi connectivity index (χ2n) is 3.61. The Morgan fingerprint density at radius 3 is 3.11 bits per heavy atom. The molecule has 0 saturated carbocycles. The van der Waals surface area contributed by atoms with Crippen molar-refractivity contribution in [2.45, 2.75) is 0 Å². The Labute approximate surface area is 104 Å². The van der Waals surface area contributed by atoms with Crippen LogP contribution in [0.25, 0.3) is 0 Å². The summed E-state index contributed by atoms with van der Waals surface area (Å²) >= 11 is 0. The molecule has 1 aromatic carbocycles. The first kappa shape index (κ1) is 12.0. The van der Waals surface area contributed by atoms with Gasteiger partial charge in [-0.25, -0.2) is 4.98 Å². The molecule has 0 aliphatic carbocycles. The minimum absolute atomic E-state index is 0.249. The topological polar surface area (TPSA) is 93.0 Å². The SMILES string of the molecule is Nc1cccc(OCCNc2ncc[nH]c2=O)c1. The summed E-state index contributed by atoms with van der Waals surface area (Å²) in [6, 6.07) is 7.18.